The highest BCUT2D eigenvalue weighted by Crippen LogP contribution is 2.22. The van der Waals surface area contributed by atoms with Gasteiger partial charge in [0.1, 0.15) is 0 Å². The van der Waals surface area contributed by atoms with E-state index in [1.165, 1.54) is 19.3 Å². The highest BCUT2D eigenvalue weighted by atomic mass is 35.5. The Kier molecular flexibility index (Phi) is 6.35. The van der Waals surface area contributed by atoms with Gasteiger partial charge in [-0.05, 0) is 43.4 Å². The lowest BCUT2D eigenvalue weighted by molar-refractivity contribution is -0.135. The summed E-state index contributed by atoms with van der Waals surface area (Å²) in [5, 5.41) is 3.90. The first-order valence-corrected chi connectivity index (χ1v) is 9.82. The summed E-state index contributed by atoms with van der Waals surface area (Å²) >= 11 is 5.88. The van der Waals surface area contributed by atoms with Gasteiger partial charge >= 0.3 is 0 Å². The minimum atomic E-state index is 0.0570. The summed E-state index contributed by atoms with van der Waals surface area (Å²) in [5.74, 6) is 0.381. The number of hydrogen-bond donors (Lipinski definition) is 1. The number of hydrogen-bond acceptors (Lipinski definition) is 2. The van der Waals surface area contributed by atoms with E-state index in [4.69, 9.17) is 11.6 Å². The Balaban J connectivity index is 1.43. The second kappa shape index (κ2) is 8.70. The lowest BCUT2D eigenvalue weighted by atomic mass is 9.92. The number of carbonyl (C=O) groups is 2. The van der Waals surface area contributed by atoms with Crippen LogP contribution in [0.15, 0.2) is 24.3 Å². The average Bonchev–Trinajstić information content (AvgIpc) is 2.64. The first kappa shape index (κ1) is 18.2. The zero-order chi connectivity index (χ0) is 17.6. The second-order valence-electron chi connectivity index (χ2n) is 7.30. The molecule has 2 aliphatic rings. The third-order valence-corrected chi connectivity index (χ3v) is 5.69. The van der Waals surface area contributed by atoms with Gasteiger partial charge in [0.05, 0.1) is 6.42 Å². The van der Waals surface area contributed by atoms with Gasteiger partial charge in [-0.3, -0.25) is 9.59 Å². The molecule has 1 N–H and O–H groups in total. The van der Waals surface area contributed by atoms with Crippen LogP contribution in [0.4, 0.5) is 0 Å². The Labute approximate surface area is 154 Å². The molecular formula is C20H27ClN2O2. The Hall–Kier alpha value is -1.55. The van der Waals surface area contributed by atoms with E-state index < -0.39 is 0 Å². The summed E-state index contributed by atoms with van der Waals surface area (Å²) in [5.41, 5.74) is 0.978. The maximum Gasteiger partial charge on any atom is 0.226 e. The van der Waals surface area contributed by atoms with Gasteiger partial charge in [-0.2, -0.15) is 0 Å². The summed E-state index contributed by atoms with van der Waals surface area (Å²) < 4.78 is 0. The minimum Gasteiger partial charge on any atom is -0.353 e. The summed E-state index contributed by atoms with van der Waals surface area (Å²) in [6.07, 6.45) is 7.91. The van der Waals surface area contributed by atoms with E-state index in [1.54, 1.807) is 0 Å². The molecule has 25 heavy (non-hydrogen) atoms. The smallest absolute Gasteiger partial charge is 0.226 e. The number of nitrogens with zero attached hydrogens (tertiary/aromatic N) is 1. The van der Waals surface area contributed by atoms with Gasteiger partial charge in [0, 0.05) is 30.1 Å². The minimum absolute atomic E-state index is 0.0570. The molecule has 0 aromatic heterocycles. The lowest BCUT2D eigenvalue weighted by Crippen LogP contribution is -2.46. The van der Waals surface area contributed by atoms with Gasteiger partial charge in [0.25, 0.3) is 0 Å². The van der Waals surface area contributed by atoms with Gasteiger partial charge < -0.3 is 10.2 Å². The summed E-state index contributed by atoms with van der Waals surface area (Å²) in [6, 6.07) is 7.78. The second-order valence-corrected chi connectivity index (χ2v) is 7.74. The molecule has 1 aromatic carbocycles. The van der Waals surface area contributed by atoms with Crippen molar-refractivity contribution in [2.45, 2.75) is 57.4 Å². The van der Waals surface area contributed by atoms with Crippen LogP contribution in [-0.4, -0.2) is 35.8 Å². The first-order chi connectivity index (χ1) is 12.1. The molecule has 1 saturated heterocycles. The molecule has 0 bridgehead atoms. The molecule has 1 aliphatic heterocycles. The SMILES string of the molecule is O=C(NC1CCCCC1)C1CCN(C(=O)Cc2ccc(Cl)cc2)CC1. The van der Waals surface area contributed by atoms with Crippen molar-refractivity contribution < 1.29 is 9.59 Å². The van der Waals surface area contributed by atoms with Gasteiger partial charge in [-0.15, -0.1) is 0 Å². The highest BCUT2D eigenvalue weighted by molar-refractivity contribution is 6.30. The van der Waals surface area contributed by atoms with E-state index in [0.717, 1.165) is 31.2 Å². The van der Waals surface area contributed by atoms with Crippen LogP contribution in [0, 0.1) is 5.92 Å². The third-order valence-electron chi connectivity index (χ3n) is 5.44. The van der Waals surface area contributed by atoms with Gasteiger partial charge in [-0.1, -0.05) is 43.0 Å². The van der Waals surface area contributed by atoms with Crippen molar-refractivity contribution in [3.63, 3.8) is 0 Å². The molecule has 0 spiro atoms. The predicted octanol–water partition coefficient (Wildman–Crippen LogP) is 3.57. The number of benzene rings is 1. The number of likely N-dealkylation sites (tertiary alicyclic amines) is 1. The van der Waals surface area contributed by atoms with E-state index >= 15 is 0 Å². The molecule has 3 rings (SSSR count). The maximum absolute atomic E-state index is 12.4. The number of halogens is 1. The van der Waals surface area contributed by atoms with E-state index in [-0.39, 0.29) is 17.7 Å². The van der Waals surface area contributed by atoms with E-state index in [0.29, 0.717) is 30.6 Å². The Bertz CT molecular complexity index is 588. The Morgan fingerprint density at radius 2 is 1.64 bits per heavy atom. The molecule has 4 nitrogen and oxygen atoms in total. The maximum atomic E-state index is 12.4. The average molecular weight is 363 g/mol. The van der Waals surface area contributed by atoms with Crippen LogP contribution in [0.25, 0.3) is 0 Å². The fourth-order valence-electron chi connectivity index (χ4n) is 3.85. The van der Waals surface area contributed by atoms with E-state index in [9.17, 15) is 9.59 Å². The molecule has 0 atom stereocenters. The van der Waals surface area contributed by atoms with Gasteiger partial charge in [0.2, 0.25) is 11.8 Å². The fraction of sp³-hybridized carbons (Fsp3) is 0.600. The van der Waals surface area contributed by atoms with E-state index in [1.807, 2.05) is 29.2 Å². The molecule has 1 aliphatic carbocycles. The number of carbonyl (C=O) groups excluding carboxylic acids is 2. The van der Waals surface area contributed by atoms with Crippen LogP contribution >= 0.6 is 11.6 Å². The molecule has 1 heterocycles. The Morgan fingerprint density at radius 3 is 2.28 bits per heavy atom. The number of piperidine rings is 1. The van der Waals surface area contributed by atoms with E-state index in [2.05, 4.69) is 5.32 Å². The van der Waals surface area contributed by atoms with Crippen molar-refractivity contribution in [3.05, 3.63) is 34.9 Å². The molecule has 2 fully saturated rings. The molecule has 0 unspecified atom stereocenters. The topological polar surface area (TPSA) is 49.4 Å². The highest BCUT2D eigenvalue weighted by Gasteiger charge is 2.28. The zero-order valence-electron chi connectivity index (χ0n) is 14.7. The fourth-order valence-corrected chi connectivity index (χ4v) is 3.97. The van der Waals surface area contributed by atoms with Crippen LogP contribution < -0.4 is 5.32 Å². The number of amides is 2. The molecule has 1 aromatic rings. The van der Waals surface area contributed by atoms with Crippen molar-refractivity contribution >= 4 is 23.4 Å². The normalized spacial score (nSPS) is 19.6. The van der Waals surface area contributed by atoms with Crippen LogP contribution in [-0.2, 0) is 16.0 Å². The molecule has 136 valence electrons. The molecule has 0 radical (unpaired) electrons. The van der Waals surface area contributed by atoms with Crippen molar-refractivity contribution in [1.29, 1.82) is 0 Å². The van der Waals surface area contributed by atoms with Crippen molar-refractivity contribution in [1.82, 2.24) is 10.2 Å². The summed E-state index contributed by atoms with van der Waals surface area (Å²) in [4.78, 5) is 26.8. The van der Waals surface area contributed by atoms with Crippen molar-refractivity contribution in [3.8, 4) is 0 Å². The third kappa shape index (κ3) is 5.21. The summed E-state index contributed by atoms with van der Waals surface area (Å²) in [7, 11) is 0. The van der Waals surface area contributed by atoms with Crippen LogP contribution in [0.2, 0.25) is 5.02 Å². The molecular weight excluding hydrogens is 336 g/mol. The first-order valence-electron chi connectivity index (χ1n) is 9.44. The van der Waals surface area contributed by atoms with Crippen molar-refractivity contribution in [2.24, 2.45) is 5.92 Å². The van der Waals surface area contributed by atoms with Crippen LogP contribution in [0.5, 0.6) is 0 Å². The Morgan fingerprint density at radius 1 is 1.00 bits per heavy atom. The van der Waals surface area contributed by atoms with Crippen LogP contribution in [0.1, 0.15) is 50.5 Å². The predicted molar refractivity (Wildman–Crippen MR) is 99.5 cm³/mol. The van der Waals surface area contributed by atoms with Crippen LogP contribution in [0.3, 0.4) is 0 Å². The molecule has 1 saturated carbocycles. The lowest BCUT2D eigenvalue weighted by Gasteiger charge is -2.33. The van der Waals surface area contributed by atoms with Gasteiger partial charge in [-0.25, -0.2) is 0 Å². The monoisotopic (exact) mass is 362 g/mol. The quantitative estimate of drug-likeness (QED) is 0.890. The standard InChI is InChI=1S/C20H27ClN2O2/c21-17-8-6-15(7-9-17)14-19(24)23-12-10-16(11-13-23)20(25)22-18-4-2-1-3-5-18/h6-9,16,18H,1-5,10-14H2,(H,22,25). The zero-order valence-corrected chi connectivity index (χ0v) is 15.4. The number of rotatable bonds is 4. The van der Waals surface area contributed by atoms with Gasteiger partial charge in [0.15, 0.2) is 0 Å². The summed E-state index contributed by atoms with van der Waals surface area (Å²) in [6.45, 7) is 1.35. The molecule has 5 heteroatoms. The molecule has 2 amide bonds. The number of nitrogens with one attached hydrogen (secondary N) is 1. The largest absolute Gasteiger partial charge is 0.353 e. The van der Waals surface area contributed by atoms with Crippen molar-refractivity contribution in [2.75, 3.05) is 13.1 Å².